The van der Waals surface area contributed by atoms with Gasteiger partial charge in [0.05, 0.1) is 0 Å². The molecule has 0 aliphatic carbocycles. The fraction of sp³-hybridized carbons (Fsp3) is 0.364. The van der Waals surface area contributed by atoms with Crippen LogP contribution >= 0.6 is 23.0 Å². The molecule has 0 spiro atoms. The van der Waals surface area contributed by atoms with Crippen molar-refractivity contribution in [1.29, 1.82) is 0 Å². The molecule has 3 nitrogen and oxygen atoms in total. The molecule has 0 unspecified atom stereocenters. The van der Waals surface area contributed by atoms with Gasteiger partial charge in [0, 0.05) is 0 Å². The summed E-state index contributed by atoms with van der Waals surface area (Å²) in [5.74, 6) is -0.478. The summed E-state index contributed by atoms with van der Waals surface area (Å²) in [6.45, 7) is 7.59. The van der Waals surface area contributed by atoms with Gasteiger partial charge in [-0.3, -0.25) is 0 Å². The minimum atomic E-state index is -0.939. The second-order valence-electron chi connectivity index (χ2n) is 3.59. The molecule has 0 aliphatic rings. The van der Waals surface area contributed by atoms with Crippen molar-refractivity contribution in [2.24, 2.45) is 0 Å². The van der Waals surface area contributed by atoms with E-state index in [1.54, 1.807) is 23.0 Å². The molecule has 0 fully saturated rings. The quantitative estimate of drug-likeness (QED) is 0.850. The average molecular weight is 320 g/mol. The molecule has 1 aromatic rings. The van der Waals surface area contributed by atoms with E-state index in [-0.39, 0.29) is 5.56 Å². The Morgan fingerprint density at radius 3 is 1.93 bits per heavy atom. The Kier molecular flexibility index (Phi) is 3.59. The fourth-order valence-electron chi connectivity index (χ4n) is 1.63. The van der Waals surface area contributed by atoms with Crippen molar-refractivity contribution < 1.29 is 13.0 Å². The van der Waals surface area contributed by atoms with Gasteiger partial charge in [-0.25, -0.2) is 4.79 Å². The molecule has 0 aliphatic heterocycles. The molecular weight excluding hydrogens is 307 g/mol. The van der Waals surface area contributed by atoms with Crippen molar-refractivity contribution in [3.8, 4) is 5.75 Å². The summed E-state index contributed by atoms with van der Waals surface area (Å²) in [4.78, 5) is 11.1. The number of carboxylic acids is 1. The highest BCUT2D eigenvalue weighted by Crippen LogP contribution is 2.33. The molecule has 0 radical (unpaired) electrons. The highest BCUT2D eigenvalue weighted by molar-refractivity contribution is 14.1. The summed E-state index contributed by atoms with van der Waals surface area (Å²) < 4.78 is 5.14. The van der Waals surface area contributed by atoms with Gasteiger partial charge in [0.15, 0.2) is 28.8 Å². The number of aromatic carboxylic acids is 1. The predicted molar refractivity (Wildman–Crippen MR) is 67.0 cm³/mol. The summed E-state index contributed by atoms with van der Waals surface area (Å²) in [5.41, 5.74) is 4.04. The Balaban J connectivity index is 3.70. The van der Waals surface area contributed by atoms with Crippen molar-refractivity contribution in [3.63, 3.8) is 0 Å². The second kappa shape index (κ2) is 4.38. The third-order valence-corrected chi connectivity index (χ3v) is 3.36. The first-order valence-electron chi connectivity index (χ1n) is 4.54. The van der Waals surface area contributed by atoms with Gasteiger partial charge >= 0.3 is 5.97 Å². The molecule has 0 bridgehead atoms. The van der Waals surface area contributed by atoms with Crippen LogP contribution in [0.25, 0.3) is 0 Å². The van der Waals surface area contributed by atoms with Crippen LogP contribution in [0.2, 0.25) is 0 Å². The topological polar surface area (TPSA) is 46.5 Å². The normalized spacial score (nSPS) is 10.2. The lowest BCUT2D eigenvalue weighted by Gasteiger charge is -2.15. The number of halogens is 1. The van der Waals surface area contributed by atoms with Crippen LogP contribution in [0, 0.1) is 27.7 Å². The van der Waals surface area contributed by atoms with Crippen LogP contribution in [0.15, 0.2) is 0 Å². The van der Waals surface area contributed by atoms with E-state index < -0.39 is 5.97 Å². The van der Waals surface area contributed by atoms with Crippen LogP contribution in [0.4, 0.5) is 0 Å². The van der Waals surface area contributed by atoms with Crippen molar-refractivity contribution >= 4 is 29.0 Å². The molecule has 0 aromatic heterocycles. The minimum Gasteiger partial charge on any atom is -0.478 e. The largest absolute Gasteiger partial charge is 0.478 e. The predicted octanol–water partition coefficient (Wildman–Crippen LogP) is 3.35. The lowest BCUT2D eigenvalue weighted by molar-refractivity contribution is 0.0694. The third kappa shape index (κ3) is 1.95. The first-order valence-corrected chi connectivity index (χ1v) is 5.42. The van der Waals surface area contributed by atoms with Crippen molar-refractivity contribution in [3.05, 3.63) is 27.8 Å². The molecule has 4 heteroatoms. The maximum absolute atomic E-state index is 11.1. The first-order chi connectivity index (χ1) is 6.91. The molecule has 0 atom stereocenters. The van der Waals surface area contributed by atoms with Gasteiger partial charge in [-0.05, 0) is 49.9 Å². The molecule has 0 saturated heterocycles. The summed E-state index contributed by atoms with van der Waals surface area (Å²) >= 11 is 1.72. The molecule has 1 N–H and O–H groups in total. The van der Waals surface area contributed by atoms with Crippen molar-refractivity contribution in [2.45, 2.75) is 27.7 Å². The fourth-order valence-corrected chi connectivity index (χ4v) is 2.18. The van der Waals surface area contributed by atoms with Crippen LogP contribution < -0.4 is 3.07 Å². The highest BCUT2D eigenvalue weighted by Gasteiger charge is 2.21. The number of hydrogen-bond donors (Lipinski definition) is 1. The van der Waals surface area contributed by atoms with Crippen LogP contribution in [0.1, 0.15) is 32.6 Å². The second-order valence-corrected chi connectivity index (χ2v) is 4.03. The Bertz CT molecular complexity index is 425. The molecule has 82 valence electrons. The van der Waals surface area contributed by atoms with Crippen LogP contribution in [-0.4, -0.2) is 11.1 Å². The Morgan fingerprint density at radius 2 is 1.53 bits per heavy atom. The number of benzene rings is 1. The summed E-state index contributed by atoms with van der Waals surface area (Å²) in [7, 11) is 0. The first kappa shape index (κ1) is 12.3. The smallest absolute Gasteiger partial charge is 0.339 e. The van der Waals surface area contributed by atoms with E-state index in [4.69, 9.17) is 8.17 Å². The SMILES string of the molecule is Cc1c(C)c(C)c(C(=O)O)c(OI)c1C. The monoisotopic (exact) mass is 320 g/mol. The van der Waals surface area contributed by atoms with E-state index in [1.807, 2.05) is 27.7 Å². The maximum atomic E-state index is 11.1. The third-order valence-electron chi connectivity index (χ3n) is 2.92. The summed E-state index contributed by atoms with van der Waals surface area (Å²) in [6, 6.07) is 0. The van der Waals surface area contributed by atoms with Crippen LogP contribution in [-0.2, 0) is 0 Å². The molecule has 0 heterocycles. The zero-order chi connectivity index (χ0) is 11.7. The minimum absolute atomic E-state index is 0.269. The lowest BCUT2D eigenvalue weighted by Crippen LogP contribution is -2.07. The number of hydrogen-bond acceptors (Lipinski definition) is 2. The maximum Gasteiger partial charge on any atom is 0.339 e. The van der Waals surface area contributed by atoms with Gasteiger partial charge in [-0.15, -0.1) is 0 Å². The van der Waals surface area contributed by atoms with Crippen molar-refractivity contribution in [1.82, 2.24) is 0 Å². The number of rotatable bonds is 2. The van der Waals surface area contributed by atoms with E-state index in [2.05, 4.69) is 0 Å². The van der Waals surface area contributed by atoms with E-state index in [1.165, 1.54) is 0 Å². The molecule has 0 amide bonds. The van der Waals surface area contributed by atoms with Gasteiger partial charge in [0.2, 0.25) is 0 Å². The molecule has 0 saturated carbocycles. The molecule has 1 aromatic carbocycles. The van der Waals surface area contributed by atoms with Gasteiger partial charge in [-0.1, -0.05) is 0 Å². The molecular formula is C11H13IO3. The van der Waals surface area contributed by atoms with Gasteiger partial charge in [-0.2, -0.15) is 0 Å². The van der Waals surface area contributed by atoms with Crippen molar-refractivity contribution in [2.75, 3.05) is 0 Å². The highest BCUT2D eigenvalue weighted by atomic mass is 127. The van der Waals surface area contributed by atoms with Crippen LogP contribution in [0.5, 0.6) is 5.75 Å². The van der Waals surface area contributed by atoms with E-state index in [9.17, 15) is 4.79 Å². The standard InChI is InChI=1S/C11H13IO3/c1-5-6(2)8(4)10(15-12)9(7(5)3)11(13)14/h1-4H3,(H,13,14). The molecule has 1 rings (SSSR count). The zero-order valence-corrected chi connectivity index (χ0v) is 11.3. The summed E-state index contributed by atoms with van der Waals surface area (Å²) in [6.07, 6.45) is 0. The van der Waals surface area contributed by atoms with E-state index >= 15 is 0 Å². The molecule has 15 heavy (non-hydrogen) atoms. The van der Waals surface area contributed by atoms with Gasteiger partial charge in [0.25, 0.3) is 0 Å². The number of carbonyl (C=O) groups is 1. The average Bonchev–Trinajstić information content (AvgIpc) is 2.19. The summed E-state index contributed by atoms with van der Waals surface area (Å²) in [5, 5.41) is 9.13. The Hall–Kier alpha value is -0.780. The number of carboxylic acid groups (broad SMARTS) is 1. The van der Waals surface area contributed by atoms with Gasteiger partial charge < -0.3 is 8.17 Å². The van der Waals surface area contributed by atoms with Crippen LogP contribution in [0.3, 0.4) is 0 Å². The zero-order valence-electron chi connectivity index (χ0n) is 9.14. The van der Waals surface area contributed by atoms with E-state index in [0.29, 0.717) is 5.75 Å². The van der Waals surface area contributed by atoms with Gasteiger partial charge in [0.1, 0.15) is 5.56 Å². The Labute approximate surface area is 103 Å². The van der Waals surface area contributed by atoms with E-state index in [0.717, 1.165) is 22.3 Å². The Morgan fingerprint density at radius 1 is 1.07 bits per heavy atom. The lowest BCUT2D eigenvalue weighted by atomic mass is 9.93.